The number of phenols is 1. The van der Waals surface area contributed by atoms with Gasteiger partial charge >= 0.3 is 0 Å². The van der Waals surface area contributed by atoms with Gasteiger partial charge in [-0.2, -0.15) is 0 Å². The van der Waals surface area contributed by atoms with E-state index < -0.39 is 0 Å². The summed E-state index contributed by atoms with van der Waals surface area (Å²) in [7, 11) is 3.78. The number of thiazole rings is 1. The molecule has 0 atom stereocenters. The normalized spacial score (nSPS) is 11.5. The van der Waals surface area contributed by atoms with Gasteiger partial charge in [0.1, 0.15) is 22.6 Å². The Morgan fingerprint density at radius 2 is 2.14 bits per heavy atom. The number of hydrogen-bond donors (Lipinski definition) is 1. The van der Waals surface area contributed by atoms with Crippen molar-refractivity contribution >= 4 is 22.3 Å². The fourth-order valence-electron chi connectivity index (χ4n) is 2.34. The molecular formula is C16H16N2O3S. The van der Waals surface area contributed by atoms with E-state index in [4.69, 9.17) is 4.42 Å². The van der Waals surface area contributed by atoms with E-state index in [-0.39, 0.29) is 11.2 Å². The number of benzene rings is 1. The Labute approximate surface area is 131 Å². The maximum Gasteiger partial charge on any atom is 0.202 e. The van der Waals surface area contributed by atoms with Gasteiger partial charge in [0.25, 0.3) is 0 Å². The highest BCUT2D eigenvalue weighted by atomic mass is 32.1. The van der Waals surface area contributed by atoms with E-state index in [2.05, 4.69) is 4.98 Å². The van der Waals surface area contributed by atoms with Crippen molar-refractivity contribution < 1.29 is 9.52 Å². The van der Waals surface area contributed by atoms with Crippen molar-refractivity contribution in [3.63, 3.8) is 0 Å². The van der Waals surface area contributed by atoms with Crippen molar-refractivity contribution in [1.82, 2.24) is 9.88 Å². The molecule has 0 aliphatic heterocycles. The Bertz CT molecular complexity index is 896. The highest BCUT2D eigenvalue weighted by Gasteiger charge is 2.16. The highest BCUT2D eigenvalue weighted by Crippen LogP contribution is 2.29. The van der Waals surface area contributed by atoms with Crippen LogP contribution >= 0.6 is 11.3 Å². The average molecular weight is 316 g/mol. The summed E-state index contributed by atoms with van der Waals surface area (Å²) in [5.41, 5.74) is 2.23. The minimum Gasteiger partial charge on any atom is -0.507 e. The van der Waals surface area contributed by atoms with Crippen LogP contribution < -0.4 is 5.43 Å². The van der Waals surface area contributed by atoms with Crippen molar-refractivity contribution in [3.05, 3.63) is 45.3 Å². The summed E-state index contributed by atoms with van der Waals surface area (Å²) < 4.78 is 5.68. The summed E-state index contributed by atoms with van der Waals surface area (Å²) >= 11 is 1.41. The number of rotatable bonds is 3. The van der Waals surface area contributed by atoms with Gasteiger partial charge < -0.3 is 14.4 Å². The highest BCUT2D eigenvalue weighted by molar-refractivity contribution is 7.13. The van der Waals surface area contributed by atoms with Crippen LogP contribution in [0.3, 0.4) is 0 Å². The summed E-state index contributed by atoms with van der Waals surface area (Å²) in [6.45, 7) is 2.37. The largest absolute Gasteiger partial charge is 0.507 e. The molecule has 114 valence electrons. The minimum atomic E-state index is -0.129. The summed E-state index contributed by atoms with van der Waals surface area (Å²) in [5, 5.41) is 13.0. The molecule has 0 radical (unpaired) electrons. The van der Waals surface area contributed by atoms with Crippen molar-refractivity contribution in [2.45, 2.75) is 13.5 Å². The number of aromatic nitrogens is 1. The Morgan fingerprint density at radius 3 is 2.77 bits per heavy atom. The van der Waals surface area contributed by atoms with Crippen LogP contribution in [0.2, 0.25) is 0 Å². The maximum atomic E-state index is 12.7. The van der Waals surface area contributed by atoms with Gasteiger partial charge in [-0.3, -0.25) is 4.79 Å². The number of aryl methyl sites for hydroxylation is 1. The van der Waals surface area contributed by atoms with E-state index in [0.717, 1.165) is 5.69 Å². The van der Waals surface area contributed by atoms with E-state index in [0.29, 0.717) is 33.6 Å². The number of hydrogen-bond acceptors (Lipinski definition) is 6. The lowest BCUT2D eigenvalue weighted by Gasteiger charge is -2.13. The first-order chi connectivity index (χ1) is 10.5. The summed E-state index contributed by atoms with van der Waals surface area (Å²) in [6.07, 6.45) is 1.43. The number of aromatic hydroxyl groups is 1. The van der Waals surface area contributed by atoms with Crippen molar-refractivity contribution in [2.24, 2.45) is 0 Å². The van der Waals surface area contributed by atoms with Crippen LogP contribution in [-0.2, 0) is 6.54 Å². The van der Waals surface area contributed by atoms with Crippen LogP contribution in [0, 0.1) is 6.92 Å². The molecule has 0 saturated carbocycles. The van der Waals surface area contributed by atoms with Crippen LogP contribution in [0.25, 0.3) is 21.5 Å². The molecular weight excluding hydrogens is 300 g/mol. The van der Waals surface area contributed by atoms with Crippen LogP contribution in [0.4, 0.5) is 0 Å². The zero-order valence-electron chi connectivity index (χ0n) is 12.6. The first-order valence-electron chi connectivity index (χ1n) is 6.81. The molecule has 0 aliphatic carbocycles. The molecule has 6 heteroatoms. The van der Waals surface area contributed by atoms with Crippen LogP contribution in [0.5, 0.6) is 5.75 Å². The second kappa shape index (κ2) is 5.55. The molecule has 0 fully saturated rings. The summed E-state index contributed by atoms with van der Waals surface area (Å²) in [6, 6.07) is 3.13. The molecule has 3 rings (SSSR count). The average Bonchev–Trinajstić information content (AvgIpc) is 2.88. The zero-order chi connectivity index (χ0) is 15.9. The Morgan fingerprint density at radius 1 is 1.36 bits per heavy atom. The molecule has 0 unspecified atom stereocenters. The molecule has 1 N–H and O–H groups in total. The van der Waals surface area contributed by atoms with Crippen LogP contribution in [0.15, 0.2) is 33.0 Å². The van der Waals surface area contributed by atoms with Crippen LogP contribution in [0.1, 0.15) is 11.3 Å². The van der Waals surface area contributed by atoms with Gasteiger partial charge in [0.2, 0.25) is 5.43 Å². The molecule has 0 spiro atoms. The van der Waals surface area contributed by atoms with E-state index in [1.807, 2.05) is 31.3 Å². The van der Waals surface area contributed by atoms with Crippen LogP contribution in [-0.4, -0.2) is 29.1 Å². The Kier molecular flexibility index (Phi) is 3.72. The Balaban J connectivity index is 2.25. The van der Waals surface area contributed by atoms with Crippen molar-refractivity contribution in [3.8, 4) is 16.3 Å². The molecule has 3 aromatic rings. The van der Waals surface area contributed by atoms with Gasteiger partial charge in [-0.1, -0.05) is 0 Å². The summed E-state index contributed by atoms with van der Waals surface area (Å²) in [5.74, 6) is 0.127. The van der Waals surface area contributed by atoms with E-state index >= 15 is 0 Å². The van der Waals surface area contributed by atoms with Gasteiger partial charge in [0, 0.05) is 17.6 Å². The topological polar surface area (TPSA) is 66.6 Å². The predicted octanol–water partition coefficient (Wildman–Crippen LogP) is 2.99. The zero-order valence-corrected chi connectivity index (χ0v) is 13.4. The summed E-state index contributed by atoms with van der Waals surface area (Å²) in [4.78, 5) is 18.9. The molecule has 1 aromatic carbocycles. The van der Waals surface area contributed by atoms with E-state index in [1.54, 1.807) is 6.07 Å². The predicted molar refractivity (Wildman–Crippen MR) is 87.4 cm³/mol. The maximum absolute atomic E-state index is 12.7. The van der Waals surface area contributed by atoms with Crippen molar-refractivity contribution in [1.29, 1.82) is 0 Å². The second-order valence-corrected chi connectivity index (χ2v) is 6.31. The molecule has 2 heterocycles. The molecule has 0 bridgehead atoms. The third kappa shape index (κ3) is 2.51. The SMILES string of the molecule is Cc1csc(-c2coc3c(CN(C)C)c(O)ccc3c2=O)n1. The van der Waals surface area contributed by atoms with E-state index in [1.165, 1.54) is 23.7 Å². The first-order valence-corrected chi connectivity index (χ1v) is 7.69. The standard InChI is InChI=1S/C16H16N2O3S/c1-9-8-22-16(17-9)12-7-21-15-10(14(12)20)4-5-13(19)11(15)6-18(2)3/h4-5,7-8,19H,6H2,1-3H3. The monoisotopic (exact) mass is 316 g/mol. The molecule has 5 nitrogen and oxygen atoms in total. The third-order valence-electron chi connectivity index (χ3n) is 3.34. The minimum absolute atomic E-state index is 0.127. The van der Waals surface area contributed by atoms with Gasteiger partial charge in [0.15, 0.2) is 0 Å². The van der Waals surface area contributed by atoms with Crippen molar-refractivity contribution in [2.75, 3.05) is 14.1 Å². The fourth-order valence-corrected chi connectivity index (χ4v) is 3.14. The lowest BCUT2D eigenvalue weighted by atomic mass is 10.1. The lowest BCUT2D eigenvalue weighted by molar-refractivity contribution is 0.384. The number of nitrogens with zero attached hydrogens (tertiary/aromatic N) is 2. The lowest BCUT2D eigenvalue weighted by Crippen LogP contribution is -2.12. The fraction of sp³-hybridized carbons (Fsp3) is 0.250. The quantitative estimate of drug-likeness (QED) is 0.804. The number of fused-ring (bicyclic) bond motifs is 1. The molecule has 0 amide bonds. The van der Waals surface area contributed by atoms with E-state index in [9.17, 15) is 9.90 Å². The second-order valence-electron chi connectivity index (χ2n) is 5.45. The van der Waals surface area contributed by atoms with Gasteiger partial charge in [0.05, 0.1) is 16.5 Å². The van der Waals surface area contributed by atoms with Gasteiger partial charge in [-0.25, -0.2) is 4.98 Å². The molecule has 0 saturated heterocycles. The Hall–Kier alpha value is -2.18. The number of phenolic OH excluding ortho intramolecular Hbond substituents is 1. The molecule has 2 aromatic heterocycles. The molecule has 0 aliphatic rings. The van der Waals surface area contributed by atoms with Gasteiger partial charge in [-0.15, -0.1) is 11.3 Å². The van der Waals surface area contributed by atoms with Gasteiger partial charge in [-0.05, 0) is 33.2 Å². The third-order valence-corrected chi connectivity index (χ3v) is 4.34. The molecule has 22 heavy (non-hydrogen) atoms. The smallest absolute Gasteiger partial charge is 0.202 e. The first kappa shape index (κ1) is 14.7.